The van der Waals surface area contributed by atoms with Gasteiger partial charge in [0.05, 0.1) is 11.4 Å². The Morgan fingerprint density at radius 1 is 0.244 bits per heavy atom. The molecule has 0 unspecified atom stereocenters. The number of fused-ring (bicyclic) bond motifs is 13. The van der Waals surface area contributed by atoms with Gasteiger partial charge in [0.1, 0.15) is 0 Å². The number of anilines is 6. The van der Waals surface area contributed by atoms with Crippen LogP contribution in [0.25, 0.3) is 100 Å². The lowest BCUT2D eigenvalue weighted by Gasteiger charge is -2.29. The van der Waals surface area contributed by atoms with Crippen molar-refractivity contribution in [2.75, 3.05) is 9.80 Å². The van der Waals surface area contributed by atoms with Crippen molar-refractivity contribution >= 4 is 112 Å². The van der Waals surface area contributed by atoms with Gasteiger partial charge in [-0.1, -0.05) is 270 Å². The van der Waals surface area contributed by atoms with E-state index in [2.05, 4.69) is 341 Å². The molecule has 0 saturated carbocycles. The van der Waals surface area contributed by atoms with Crippen LogP contribution in [0.15, 0.2) is 279 Å². The van der Waals surface area contributed by atoms with E-state index < -0.39 is 0 Å². The second kappa shape index (κ2) is 20.1. The van der Waals surface area contributed by atoms with Crippen molar-refractivity contribution in [2.24, 2.45) is 0 Å². The SMILES string of the molecule is CC1(C)c2cc(/C=C/c3ccc(/C=C/c4ccc5c(c4)C(C)(C)c4cc(N(c6ccccc6)c6cc7ccccc7c7ccccc67)ccc4-5)c4ccccc34)ccc2-c2ccc(N(c3ccccc3)c3cc4ccccc4c4ccccc34)cc21. The van der Waals surface area contributed by atoms with Crippen molar-refractivity contribution < 1.29 is 0 Å². The van der Waals surface area contributed by atoms with Crippen LogP contribution in [-0.2, 0) is 10.8 Å². The first-order chi connectivity index (χ1) is 42.2. The molecule has 0 N–H and O–H groups in total. The lowest BCUT2D eigenvalue weighted by Crippen LogP contribution is -2.17. The topological polar surface area (TPSA) is 6.48 Å². The molecule has 0 heterocycles. The molecule has 0 fully saturated rings. The molecule has 0 radical (unpaired) electrons. The summed E-state index contributed by atoms with van der Waals surface area (Å²) in [6.07, 6.45) is 9.18. The van der Waals surface area contributed by atoms with E-state index in [1.54, 1.807) is 0 Å². The lowest BCUT2D eigenvalue weighted by molar-refractivity contribution is 0.660. The van der Waals surface area contributed by atoms with E-state index in [1.165, 1.54) is 132 Å². The number of para-hydroxylation sites is 2. The third-order valence-corrected chi connectivity index (χ3v) is 18.8. The normalized spacial score (nSPS) is 13.7. The van der Waals surface area contributed by atoms with Gasteiger partial charge in [0.15, 0.2) is 0 Å². The van der Waals surface area contributed by atoms with Crippen molar-refractivity contribution in [3.8, 4) is 22.3 Å². The van der Waals surface area contributed by atoms with Gasteiger partial charge in [0.2, 0.25) is 0 Å². The molecule has 2 heteroatoms. The smallest absolute Gasteiger partial charge is 0.0546 e. The fourth-order valence-electron chi connectivity index (χ4n) is 14.4. The zero-order valence-electron chi connectivity index (χ0n) is 48.8. The number of rotatable bonds is 10. The van der Waals surface area contributed by atoms with Crippen LogP contribution in [0.3, 0.4) is 0 Å². The molecule has 408 valence electrons. The fraction of sp³-hybridized carbons (Fsp3) is 0.0714. The average molecular weight is 1100 g/mol. The van der Waals surface area contributed by atoms with E-state index in [1.807, 2.05) is 0 Å². The van der Waals surface area contributed by atoms with Crippen molar-refractivity contribution in [1.29, 1.82) is 0 Å². The van der Waals surface area contributed by atoms with Crippen molar-refractivity contribution in [3.05, 3.63) is 324 Å². The molecule has 0 spiro atoms. The number of nitrogens with zero attached hydrogens (tertiary/aromatic N) is 2. The number of hydrogen-bond acceptors (Lipinski definition) is 2. The lowest BCUT2D eigenvalue weighted by atomic mass is 9.81. The maximum absolute atomic E-state index is 2.45. The van der Waals surface area contributed by atoms with Gasteiger partial charge >= 0.3 is 0 Å². The Morgan fingerprint density at radius 3 is 0.977 bits per heavy atom. The summed E-state index contributed by atoms with van der Waals surface area (Å²) in [5.41, 5.74) is 21.8. The van der Waals surface area contributed by atoms with Crippen LogP contribution in [0.1, 0.15) is 72.2 Å². The third-order valence-electron chi connectivity index (χ3n) is 18.8. The average Bonchev–Trinajstić information content (AvgIpc) is 3.93. The van der Waals surface area contributed by atoms with Crippen LogP contribution in [0.2, 0.25) is 0 Å². The zero-order chi connectivity index (χ0) is 57.7. The molecule has 86 heavy (non-hydrogen) atoms. The molecular weight excluding hydrogens is 1040 g/mol. The highest BCUT2D eigenvalue weighted by Gasteiger charge is 2.38. The summed E-state index contributed by atoms with van der Waals surface area (Å²) < 4.78 is 0. The third kappa shape index (κ3) is 8.31. The standard InChI is InChI=1S/C84H62N2/c1-83(2)77-49-55(37-45-71(77)73-47-43-63(53-79(73)83)85(61-23-7-5-8-24-61)81-51-59-21-11-13-29-67(59)69-31-17-19-33-75(69)81)35-39-57-41-42-58(66-28-16-15-27-65(57)66)40-36-56-38-46-72-74-48-44-64(54-80(74)84(3,4)78(72)50-56)86(62-25-9-6-10-26-62)82-52-60-22-12-14-30-68(60)70-32-18-20-34-76(70)82/h5-54H,1-4H3/b39-35+,40-36+. The molecule has 2 nitrogen and oxygen atoms in total. The van der Waals surface area contributed by atoms with E-state index >= 15 is 0 Å². The molecule has 0 saturated heterocycles. The van der Waals surface area contributed by atoms with Crippen LogP contribution < -0.4 is 9.80 Å². The Hall–Kier alpha value is -10.5. The van der Waals surface area contributed by atoms with Crippen molar-refractivity contribution in [1.82, 2.24) is 0 Å². The minimum Gasteiger partial charge on any atom is -0.310 e. The van der Waals surface area contributed by atoms with Gasteiger partial charge in [-0.3, -0.25) is 0 Å². The van der Waals surface area contributed by atoms with Gasteiger partial charge < -0.3 is 9.80 Å². The predicted molar refractivity (Wildman–Crippen MR) is 369 cm³/mol. The van der Waals surface area contributed by atoms with E-state index in [9.17, 15) is 0 Å². The molecule has 2 aliphatic carbocycles. The minimum absolute atomic E-state index is 0.222. The molecular formula is C84H62N2. The van der Waals surface area contributed by atoms with Crippen molar-refractivity contribution in [3.63, 3.8) is 0 Å². The Morgan fingerprint density at radius 2 is 0.570 bits per heavy atom. The maximum atomic E-state index is 2.45. The van der Waals surface area contributed by atoms with Gasteiger partial charge in [-0.05, 0) is 171 Å². The molecule has 0 atom stereocenters. The van der Waals surface area contributed by atoms with Crippen molar-refractivity contribution in [2.45, 2.75) is 38.5 Å². The minimum atomic E-state index is -0.222. The van der Waals surface area contributed by atoms with E-state index in [0.717, 1.165) is 22.7 Å². The first kappa shape index (κ1) is 51.1. The fourth-order valence-corrected chi connectivity index (χ4v) is 14.4. The van der Waals surface area contributed by atoms with Crippen LogP contribution in [0.5, 0.6) is 0 Å². The zero-order valence-corrected chi connectivity index (χ0v) is 48.8. The molecule has 0 aromatic heterocycles. The van der Waals surface area contributed by atoms with Gasteiger partial charge in [-0.2, -0.15) is 0 Å². The van der Waals surface area contributed by atoms with Gasteiger partial charge in [-0.15, -0.1) is 0 Å². The van der Waals surface area contributed by atoms with Gasteiger partial charge in [-0.25, -0.2) is 0 Å². The number of benzene rings is 14. The summed E-state index contributed by atoms with van der Waals surface area (Å²) in [7, 11) is 0. The Labute approximate surface area is 503 Å². The second-order valence-electron chi connectivity index (χ2n) is 24.4. The van der Waals surface area contributed by atoms with Gasteiger partial charge in [0.25, 0.3) is 0 Å². The first-order valence-electron chi connectivity index (χ1n) is 30.1. The van der Waals surface area contributed by atoms with Crippen LogP contribution in [0.4, 0.5) is 34.1 Å². The Balaban J connectivity index is 0.682. The first-order valence-corrected chi connectivity index (χ1v) is 30.1. The Kier molecular flexibility index (Phi) is 11.9. The summed E-state index contributed by atoms with van der Waals surface area (Å²) in [4.78, 5) is 4.90. The summed E-state index contributed by atoms with van der Waals surface area (Å²) in [5, 5.41) is 12.4. The Bertz CT molecular complexity index is 4800. The molecule has 0 aliphatic heterocycles. The second-order valence-corrected chi connectivity index (χ2v) is 24.4. The largest absolute Gasteiger partial charge is 0.310 e. The van der Waals surface area contributed by atoms with Crippen LogP contribution >= 0.6 is 0 Å². The maximum Gasteiger partial charge on any atom is 0.0546 e. The highest BCUT2D eigenvalue weighted by molar-refractivity contribution is 6.16. The summed E-state index contributed by atoms with van der Waals surface area (Å²) in [6, 6.07) is 103. The molecule has 0 bridgehead atoms. The predicted octanol–water partition coefficient (Wildman–Crippen LogP) is 23.3. The molecule has 14 aromatic carbocycles. The summed E-state index contributed by atoms with van der Waals surface area (Å²) in [5.74, 6) is 0. The van der Waals surface area contributed by atoms with E-state index in [4.69, 9.17) is 0 Å². The summed E-state index contributed by atoms with van der Waals surface area (Å²) in [6.45, 7) is 9.56. The highest BCUT2D eigenvalue weighted by atomic mass is 15.1. The summed E-state index contributed by atoms with van der Waals surface area (Å²) >= 11 is 0. The molecule has 2 aliphatic rings. The van der Waals surface area contributed by atoms with E-state index in [-0.39, 0.29) is 10.8 Å². The molecule has 16 rings (SSSR count). The monoisotopic (exact) mass is 1100 g/mol. The highest BCUT2D eigenvalue weighted by Crippen LogP contribution is 2.54. The van der Waals surface area contributed by atoms with Gasteiger partial charge in [0, 0.05) is 44.4 Å². The molecule has 0 amide bonds. The quantitative estimate of drug-likeness (QED) is 0.0995. The van der Waals surface area contributed by atoms with Crippen LogP contribution in [0, 0.1) is 0 Å². The van der Waals surface area contributed by atoms with Crippen LogP contribution in [-0.4, -0.2) is 0 Å². The molecule has 14 aromatic rings. The number of hydrogen-bond donors (Lipinski definition) is 0. The van der Waals surface area contributed by atoms with E-state index in [0.29, 0.717) is 0 Å².